The molecule has 0 unspecified atom stereocenters. The third kappa shape index (κ3) is 6.73. The van der Waals surface area contributed by atoms with Gasteiger partial charge in [-0.1, -0.05) is 39.5 Å². The van der Waals surface area contributed by atoms with E-state index in [-0.39, 0.29) is 41.7 Å². The second kappa shape index (κ2) is 9.29. The van der Waals surface area contributed by atoms with Crippen LogP contribution in [0.2, 0.25) is 0 Å². The molecule has 0 nitrogen and oxygen atoms in total. The van der Waals surface area contributed by atoms with E-state index in [4.69, 9.17) is 0 Å². The van der Waals surface area contributed by atoms with E-state index in [9.17, 15) is 0 Å². The summed E-state index contributed by atoms with van der Waals surface area (Å²) < 4.78 is 0. The average molecular weight is 354 g/mol. The van der Waals surface area contributed by atoms with Gasteiger partial charge in [-0.2, -0.15) is 12.2 Å². The smallest absolute Gasteiger partial charge is 0 e. The summed E-state index contributed by atoms with van der Waals surface area (Å²) in [6, 6.07) is 0. The Bertz CT molecular complexity index is 293. The molecule has 0 bridgehead atoms. The Kier molecular flexibility index (Phi) is 9.48. The van der Waals surface area contributed by atoms with Crippen molar-refractivity contribution in [2.45, 2.75) is 40.5 Å². The topological polar surface area (TPSA) is 0 Å². The Morgan fingerprint density at radius 1 is 0.824 bits per heavy atom. The summed E-state index contributed by atoms with van der Waals surface area (Å²) in [7, 11) is 0. The molecular weight excluding hydrogens is 332 g/mol. The van der Waals surface area contributed by atoms with Crippen LogP contribution < -0.4 is 0 Å². The van der Waals surface area contributed by atoms with Gasteiger partial charge in [-0.25, -0.2) is 23.3 Å². The van der Waals surface area contributed by atoms with Gasteiger partial charge in [0.15, 0.2) is 0 Å². The van der Waals surface area contributed by atoms with E-state index in [1.165, 1.54) is 11.1 Å². The van der Waals surface area contributed by atoms with Gasteiger partial charge in [-0.15, -0.1) is 12.8 Å². The number of rotatable bonds is 2. The first-order valence-electron chi connectivity index (χ1n) is 6.15. The maximum absolute atomic E-state index is 3.26. The molecule has 0 N–H and O–H groups in total. The van der Waals surface area contributed by atoms with Crippen molar-refractivity contribution < 1.29 is 41.7 Å². The summed E-state index contributed by atoms with van der Waals surface area (Å²) in [5, 5.41) is 0. The van der Waals surface area contributed by atoms with Crippen molar-refractivity contribution in [3.8, 4) is 0 Å². The Balaban J connectivity index is 0.000000284. The van der Waals surface area contributed by atoms with Gasteiger partial charge >= 0.3 is 0 Å². The maximum Gasteiger partial charge on any atom is 0 e. The molecular formula is C16H22Ce-2. The molecule has 0 aromatic carbocycles. The Morgan fingerprint density at radius 3 is 1.29 bits per heavy atom. The SMILES string of the molecule is CC(C)C1=[C-]CC=C1.CC(C)C1=[C-]CC=C1.[Ce]. The predicted molar refractivity (Wildman–Crippen MR) is 70.7 cm³/mol. The third-order valence-corrected chi connectivity index (χ3v) is 2.69. The zero-order chi connectivity index (χ0) is 12.0. The van der Waals surface area contributed by atoms with Crippen molar-refractivity contribution in [3.05, 3.63) is 47.6 Å². The zero-order valence-electron chi connectivity index (χ0n) is 11.4. The van der Waals surface area contributed by atoms with E-state index in [1.54, 1.807) is 0 Å². The monoisotopic (exact) mass is 354 g/mol. The summed E-state index contributed by atoms with van der Waals surface area (Å²) in [6.07, 6.45) is 17.2. The van der Waals surface area contributed by atoms with Crippen LogP contribution in [0, 0.1) is 65.7 Å². The largest absolute Gasteiger partial charge is 0.269 e. The molecule has 2 rings (SSSR count). The second-order valence-corrected chi connectivity index (χ2v) is 4.79. The van der Waals surface area contributed by atoms with E-state index in [0.717, 1.165) is 12.8 Å². The summed E-state index contributed by atoms with van der Waals surface area (Å²) >= 11 is 0. The van der Waals surface area contributed by atoms with Crippen LogP contribution in [-0.2, 0) is 0 Å². The molecule has 0 heterocycles. The second-order valence-electron chi connectivity index (χ2n) is 4.79. The zero-order valence-corrected chi connectivity index (χ0v) is 14.5. The molecule has 0 fully saturated rings. The molecule has 2 aliphatic rings. The van der Waals surface area contributed by atoms with Crippen molar-refractivity contribution in [2.24, 2.45) is 11.8 Å². The van der Waals surface area contributed by atoms with E-state index in [1.807, 2.05) is 0 Å². The van der Waals surface area contributed by atoms with Crippen molar-refractivity contribution in [2.75, 3.05) is 0 Å². The first-order valence-corrected chi connectivity index (χ1v) is 6.15. The molecule has 0 atom stereocenters. The van der Waals surface area contributed by atoms with Gasteiger partial charge in [-0.3, -0.25) is 12.2 Å². The summed E-state index contributed by atoms with van der Waals surface area (Å²) in [6.45, 7) is 8.77. The third-order valence-electron chi connectivity index (χ3n) is 2.69. The van der Waals surface area contributed by atoms with Crippen molar-refractivity contribution >= 4 is 0 Å². The summed E-state index contributed by atoms with van der Waals surface area (Å²) in [5.41, 5.74) is 2.73. The van der Waals surface area contributed by atoms with Crippen molar-refractivity contribution in [3.63, 3.8) is 0 Å². The molecule has 0 aromatic rings. The molecule has 0 saturated heterocycles. The maximum atomic E-state index is 3.26. The molecule has 0 spiro atoms. The first kappa shape index (κ1) is 17.3. The molecule has 92 valence electrons. The summed E-state index contributed by atoms with van der Waals surface area (Å²) in [4.78, 5) is 0. The van der Waals surface area contributed by atoms with Crippen LogP contribution in [0.3, 0.4) is 0 Å². The van der Waals surface area contributed by atoms with Gasteiger partial charge in [-0.05, 0) is 0 Å². The fraction of sp³-hybridized carbons (Fsp3) is 0.500. The van der Waals surface area contributed by atoms with Crippen LogP contribution >= 0.6 is 0 Å². The van der Waals surface area contributed by atoms with E-state index in [0.29, 0.717) is 11.8 Å². The Labute approximate surface area is 140 Å². The van der Waals surface area contributed by atoms with E-state index >= 15 is 0 Å². The Morgan fingerprint density at radius 2 is 1.18 bits per heavy atom. The molecule has 0 saturated carbocycles. The van der Waals surface area contributed by atoms with Crippen LogP contribution in [-0.4, -0.2) is 0 Å². The summed E-state index contributed by atoms with van der Waals surface area (Å²) in [5.74, 6) is 1.32. The average Bonchev–Trinajstić information content (AvgIpc) is 2.93. The molecule has 0 radical (unpaired) electrons. The van der Waals surface area contributed by atoms with Gasteiger partial charge in [0.1, 0.15) is 0 Å². The van der Waals surface area contributed by atoms with Crippen molar-refractivity contribution in [1.29, 1.82) is 0 Å². The molecule has 1 heteroatoms. The minimum absolute atomic E-state index is 0. The van der Waals surface area contributed by atoms with Gasteiger partial charge in [0.2, 0.25) is 0 Å². The van der Waals surface area contributed by atoms with Gasteiger partial charge in [0.25, 0.3) is 0 Å². The van der Waals surface area contributed by atoms with Gasteiger partial charge in [0.05, 0.1) is 0 Å². The van der Waals surface area contributed by atoms with E-state index < -0.39 is 0 Å². The molecule has 0 amide bonds. The minimum atomic E-state index is 0. The standard InChI is InChI=1S/2C8H11.Ce/c2*1-7(2)8-5-3-4-6-8;/h2*3,5,7H,4H2,1-2H3;/q2*-1;. The van der Waals surface area contributed by atoms with E-state index in [2.05, 4.69) is 64.2 Å². The fourth-order valence-electron chi connectivity index (χ4n) is 1.64. The van der Waals surface area contributed by atoms with Crippen LogP contribution in [0.15, 0.2) is 35.5 Å². The molecule has 0 aromatic heterocycles. The van der Waals surface area contributed by atoms with Gasteiger partial charge < -0.3 is 0 Å². The predicted octanol–water partition coefficient (Wildman–Crippen LogP) is 4.66. The molecule has 0 aliphatic heterocycles. The first-order chi connectivity index (χ1) is 7.61. The minimum Gasteiger partial charge on any atom is -0.269 e. The molecule has 2 aliphatic carbocycles. The fourth-order valence-corrected chi connectivity index (χ4v) is 1.64. The Hall–Kier alpha value is 0.337. The molecule has 17 heavy (non-hydrogen) atoms. The number of hydrogen-bond acceptors (Lipinski definition) is 0. The van der Waals surface area contributed by atoms with Crippen molar-refractivity contribution in [1.82, 2.24) is 0 Å². The van der Waals surface area contributed by atoms with Crippen LogP contribution in [0.1, 0.15) is 40.5 Å². The van der Waals surface area contributed by atoms with Crippen LogP contribution in [0.25, 0.3) is 0 Å². The number of hydrogen-bond donors (Lipinski definition) is 0. The quantitative estimate of drug-likeness (QED) is 0.633. The van der Waals surface area contributed by atoms with Crippen LogP contribution in [0.4, 0.5) is 0 Å². The number of allylic oxidation sites excluding steroid dienone is 8. The van der Waals surface area contributed by atoms with Gasteiger partial charge in [0, 0.05) is 41.7 Å². The normalized spacial score (nSPS) is 16.6. The van der Waals surface area contributed by atoms with Crippen LogP contribution in [0.5, 0.6) is 0 Å².